The second-order valence-electron chi connectivity index (χ2n) is 10.8. The second kappa shape index (κ2) is 11.0. The van der Waals surface area contributed by atoms with Gasteiger partial charge in [0.25, 0.3) is 0 Å². The summed E-state index contributed by atoms with van der Waals surface area (Å²) in [5, 5.41) is 28.1. The number of ketones is 1. The van der Waals surface area contributed by atoms with E-state index >= 15 is 0 Å². The highest BCUT2D eigenvalue weighted by molar-refractivity contribution is 7.09. The molecule has 0 aliphatic carbocycles. The Bertz CT molecular complexity index is 911. The predicted molar refractivity (Wildman–Crippen MR) is 133 cm³/mol. The molecule has 2 fully saturated rings. The number of aromatic nitrogens is 1. The van der Waals surface area contributed by atoms with Gasteiger partial charge in [-0.15, -0.1) is 11.3 Å². The molecule has 0 amide bonds. The number of Topliss-reactive ketones (excluding diaryl/α,β-unsaturated/α-hetero) is 1. The van der Waals surface area contributed by atoms with Gasteiger partial charge in [0.1, 0.15) is 11.9 Å². The molecule has 0 spiro atoms. The minimum atomic E-state index is -1.21. The van der Waals surface area contributed by atoms with Crippen LogP contribution in [0.15, 0.2) is 11.0 Å². The van der Waals surface area contributed by atoms with Crippen LogP contribution in [0.4, 0.5) is 0 Å². The molecular weight excluding hydrogens is 452 g/mol. The van der Waals surface area contributed by atoms with Crippen LogP contribution in [0.2, 0.25) is 0 Å². The zero-order chi connectivity index (χ0) is 25.2. The number of nitrogens with zero attached hydrogens (tertiary/aromatic N) is 1. The Morgan fingerprint density at radius 1 is 1.24 bits per heavy atom. The van der Waals surface area contributed by atoms with Crippen LogP contribution in [0.1, 0.15) is 77.4 Å². The SMILES string of the molecule is C/C(=C\c1csc(C)n1)[C@@H]1C[C@@H]2NC2CCCC(C)[C@H](O)[C@@H](C)C(=O)C(C)(C)[C@@H](O)CC(=O)O1. The Morgan fingerprint density at radius 3 is 2.59 bits per heavy atom. The number of esters is 1. The van der Waals surface area contributed by atoms with Gasteiger partial charge in [0.15, 0.2) is 0 Å². The van der Waals surface area contributed by atoms with Gasteiger partial charge < -0.3 is 20.3 Å². The molecule has 2 unspecified atom stereocenters. The molecule has 7 nitrogen and oxygen atoms in total. The molecule has 34 heavy (non-hydrogen) atoms. The van der Waals surface area contributed by atoms with Crippen molar-refractivity contribution >= 4 is 29.2 Å². The first-order chi connectivity index (χ1) is 15.9. The van der Waals surface area contributed by atoms with E-state index in [9.17, 15) is 19.8 Å². The maximum atomic E-state index is 13.2. The molecular formula is C26H40N2O5S. The highest BCUT2D eigenvalue weighted by Gasteiger charge is 2.43. The zero-order valence-corrected chi connectivity index (χ0v) is 22.0. The highest BCUT2D eigenvalue weighted by Crippen LogP contribution is 2.33. The third kappa shape index (κ3) is 6.53. The largest absolute Gasteiger partial charge is 0.458 e. The maximum absolute atomic E-state index is 13.2. The van der Waals surface area contributed by atoms with Gasteiger partial charge in [-0.25, -0.2) is 4.98 Å². The highest BCUT2D eigenvalue weighted by atomic mass is 32.1. The molecule has 0 radical (unpaired) electrons. The van der Waals surface area contributed by atoms with Crippen LogP contribution in [0.5, 0.6) is 0 Å². The Hall–Kier alpha value is -1.61. The van der Waals surface area contributed by atoms with Crippen LogP contribution in [0, 0.1) is 24.2 Å². The standard InChI is InChI=1S/C26H40N2O5S/c1-14-8-7-9-19-20(28-19)11-21(15(2)10-18-13-34-17(4)27-18)33-23(30)12-22(29)26(5,6)25(32)16(3)24(14)31/h10,13-14,16,19-22,24,28-29,31H,7-9,11-12H2,1-6H3/b15-10+/t14?,16-,19?,20+,21+,22+,24+/m1/s1. The first-order valence-electron chi connectivity index (χ1n) is 12.4. The van der Waals surface area contributed by atoms with Gasteiger partial charge in [0, 0.05) is 29.8 Å². The molecule has 8 heteroatoms. The molecule has 3 rings (SSSR count). The van der Waals surface area contributed by atoms with Gasteiger partial charge in [-0.05, 0) is 44.3 Å². The summed E-state index contributed by atoms with van der Waals surface area (Å²) in [5.41, 5.74) is 0.567. The molecule has 2 aliphatic rings. The molecule has 0 saturated carbocycles. The topological polar surface area (TPSA) is 119 Å². The first-order valence-corrected chi connectivity index (χ1v) is 13.2. The average molecular weight is 493 g/mol. The molecule has 0 bridgehead atoms. The third-order valence-corrected chi connectivity index (χ3v) is 8.37. The number of aliphatic hydroxyl groups is 2. The number of nitrogens with one attached hydrogen (secondary N) is 1. The molecule has 1 aromatic heterocycles. The number of ether oxygens (including phenoxy) is 1. The fraction of sp³-hybridized carbons (Fsp3) is 0.731. The minimum Gasteiger partial charge on any atom is -0.458 e. The Labute approximate surface area is 207 Å². The summed E-state index contributed by atoms with van der Waals surface area (Å²) >= 11 is 1.57. The van der Waals surface area contributed by atoms with E-state index in [2.05, 4.69) is 10.3 Å². The van der Waals surface area contributed by atoms with Crippen molar-refractivity contribution in [3.05, 3.63) is 21.7 Å². The summed E-state index contributed by atoms with van der Waals surface area (Å²) in [6.45, 7) is 10.8. The summed E-state index contributed by atoms with van der Waals surface area (Å²) in [6, 6.07) is 0.615. The van der Waals surface area contributed by atoms with Crippen molar-refractivity contribution in [1.29, 1.82) is 0 Å². The number of aliphatic hydroxyl groups excluding tert-OH is 2. The normalized spacial score (nSPS) is 36.0. The Kier molecular flexibility index (Phi) is 8.71. The number of hydrogen-bond acceptors (Lipinski definition) is 8. The van der Waals surface area contributed by atoms with Crippen molar-refractivity contribution in [1.82, 2.24) is 10.3 Å². The molecule has 3 N–H and O–H groups in total. The number of thiazole rings is 1. The number of carbonyl (C=O) groups excluding carboxylic acids is 2. The monoisotopic (exact) mass is 492 g/mol. The van der Waals surface area contributed by atoms with Gasteiger partial charge in [-0.1, -0.05) is 34.1 Å². The van der Waals surface area contributed by atoms with Crippen molar-refractivity contribution in [3.8, 4) is 0 Å². The summed E-state index contributed by atoms with van der Waals surface area (Å²) in [7, 11) is 0. The van der Waals surface area contributed by atoms with Gasteiger partial charge >= 0.3 is 5.97 Å². The van der Waals surface area contributed by atoms with Gasteiger partial charge in [-0.3, -0.25) is 9.59 Å². The van der Waals surface area contributed by atoms with E-state index in [0.29, 0.717) is 12.5 Å². The van der Waals surface area contributed by atoms with Crippen LogP contribution in [-0.2, 0) is 14.3 Å². The van der Waals surface area contributed by atoms with Gasteiger partial charge in [-0.2, -0.15) is 0 Å². The van der Waals surface area contributed by atoms with Crippen LogP contribution >= 0.6 is 11.3 Å². The van der Waals surface area contributed by atoms with E-state index in [1.165, 1.54) is 0 Å². The predicted octanol–water partition coefficient (Wildman–Crippen LogP) is 3.66. The average Bonchev–Trinajstić information content (AvgIpc) is 3.38. The molecule has 2 aliphatic heterocycles. The van der Waals surface area contributed by atoms with E-state index in [1.807, 2.05) is 32.2 Å². The van der Waals surface area contributed by atoms with Gasteiger partial charge in [0.2, 0.25) is 0 Å². The van der Waals surface area contributed by atoms with E-state index in [1.54, 1.807) is 32.1 Å². The van der Waals surface area contributed by atoms with E-state index < -0.39 is 35.6 Å². The molecule has 190 valence electrons. The number of rotatable bonds is 2. The molecule has 0 aromatic carbocycles. The summed E-state index contributed by atoms with van der Waals surface area (Å²) in [4.78, 5) is 30.5. The Morgan fingerprint density at radius 2 is 1.94 bits per heavy atom. The lowest BCUT2D eigenvalue weighted by molar-refractivity contribution is -0.154. The van der Waals surface area contributed by atoms with Gasteiger partial charge in [0.05, 0.1) is 34.7 Å². The maximum Gasteiger partial charge on any atom is 0.309 e. The zero-order valence-electron chi connectivity index (χ0n) is 21.2. The second-order valence-corrected chi connectivity index (χ2v) is 11.8. The van der Waals surface area contributed by atoms with Crippen LogP contribution in [0.3, 0.4) is 0 Å². The number of aryl methyl sites for hydroxylation is 1. The van der Waals surface area contributed by atoms with E-state index in [-0.39, 0.29) is 24.2 Å². The Balaban J connectivity index is 1.81. The molecule has 3 heterocycles. The molecule has 2 saturated heterocycles. The number of fused-ring (bicyclic) bond motifs is 1. The van der Waals surface area contributed by atoms with Crippen molar-refractivity contribution in [3.63, 3.8) is 0 Å². The molecule has 7 atom stereocenters. The van der Waals surface area contributed by atoms with Crippen LogP contribution in [0.25, 0.3) is 6.08 Å². The van der Waals surface area contributed by atoms with Crippen molar-refractivity contribution in [2.24, 2.45) is 17.3 Å². The minimum absolute atomic E-state index is 0.0264. The number of cyclic esters (lactones) is 1. The van der Waals surface area contributed by atoms with Crippen molar-refractivity contribution < 1.29 is 24.5 Å². The number of hydrogen-bond donors (Lipinski definition) is 3. The van der Waals surface area contributed by atoms with Crippen molar-refractivity contribution in [2.45, 2.75) is 104 Å². The lowest BCUT2D eigenvalue weighted by Gasteiger charge is -2.34. The molecule has 1 aromatic rings. The fourth-order valence-corrected chi connectivity index (χ4v) is 5.49. The van der Waals surface area contributed by atoms with Crippen LogP contribution < -0.4 is 5.32 Å². The quantitative estimate of drug-likeness (QED) is 0.426. The third-order valence-electron chi connectivity index (χ3n) is 7.58. The van der Waals surface area contributed by atoms with Crippen molar-refractivity contribution in [2.75, 3.05) is 0 Å². The number of carbonyl (C=O) groups is 2. The van der Waals surface area contributed by atoms with E-state index in [4.69, 9.17) is 4.74 Å². The van der Waals surface area contributed by atoms with E-state index in [0.717, 1.165) is 35.5 Å². The van der Waals surface area contributed by atoms with Crippen LogP contribution in [-0.4, -0.2) is 57.3 Å². The fourth-order valence-electron chi connectivity index (χ4n) is 4.92. The summed E-state index contributed by atoms with van der Waals surface area (Å²) < 4.78 is 5.86. The lowest BCUT2D eigenvalue weighted by atomic mass is 9.73. The lowest BCUT2D eigenvalue weighted by Crippen LogP contribution is -2.45. The smallest absolute Gasteiger partial charge is 0.309 e. The summed E-state index contributed by atoms with van der Waals surface area (Å²) in [5.74, 6) is -1.43. The first kappa shape index (κ1) is 27.0. The summed E-state index contributed by atoms with van der Waals surface area (Å²) in [6.07, 6.45) is 2.64.